The highest BCUT2D eigenvalue weighted by atomic mass is 35.5. The number of carbonyl (C=O) groups excluding carboxylic acids is 1. The Morgan fingerprint density at radius 3 is 2.63 bits per heavy atom. The zero-order valence-corrected chi connectivity index (χ0v) is 15.5. The molecule has 0 spiro atoms. The summed E-state index contributed by atoms with van der Waals surface area (Å²) in [4.78, 5) is 20.9. The average Bonchev–Trinajstić information content (AvgIpc) is 3.18. The summed E-state index contributed by atoms with van der Waals surface area (Å²) in [5.41, 5.74) is 4.50. The topological polar surface area (TPSA) is 88.9 Å². The minimum Gasteiger partial charge on any atom is -0.324 e. The zero-order valence-electron chi connectivity index (χ0n) is 14.8. The van der Waals surface area contributed by atoms with Crippen molar-refractivity contribution in [3.05, 3.63) is 52.1 Å². The van der Waals surface area contributed by atoms with Crippen LogP contribution in [0.5, 0.6) is 0 Å². The molecule has 4 rings (SSSR count). The van der Waals surface area contributed by atoms with Gasteiger partial charge >= 0.3 is 6.03 Å². The van der Waals surface area contributed by atoms with Gasteiger partial charge in [0.2, 0.25) is 0 Å². The number of nitriles is 1. The van der Waals surface area contributed by atoms with E-state index in [-0.39, 0.29) is 6.03 Å². The number of urea groups is 1. The SMILES string of the molecule is N#CC(=C1CCN(C(=O)N2CCc3[nH]ncc3C2)CC1)c1ccc(Cl)cn1. The van der Waals surface area contributed by atoms with E-state index in [1.54, 1.807) is 24.5 Å². The van der Waals surface area contributed by atoms with Crippen LogP contribution in [0, 0.1) is 11.3 Å². The minimum atomic E-state index is 0.0593. The first-order valence-electron chi connectivity index (χ1n) is 8.94. The summed E-state index contributed by atoms with van der Waals surface area (Å²) in [6.45, 7) is 2.52. The summed E-state index contributed by atoms with van der Waals surface area (Å²) < 4.78 is 0. The normalized spacial score (nSPS) is 16.7. The monoisotopic (exact) mass is 382 g/mol. The molecule has 0 radical (unpaired) electrons. The van der Waals surface area contributed by atoms with Gasteiger partial charge in [0, 0.05) is 43.5 Å². The fourth-order valence-electron chi connectivity index (χ4n) is 3.64. The molecule has 0 saturated carbocycles. The number of likely N-dealkylation sites (tertiary alicyclic amines) is 1. The van der Waals surface area contributed by atoms with Gasteiger partial charge in [-0.3, -0.25) is 10.1 Å². The van der Waals surface area contributed by atoms with E-state index in [1.807, 2.05) is 9.80 Å². The van der Waals surface area contributed by atoms with E-state index in [1.165, 1.54) is 0 Å². The second kappa shape index (κ2) is 7.41. The fraction of sp³-hybridized carbons (Fsp3) is 0.368. The molecule has 4 heterocycles. The van der Waals surface area contributed by atoms with E-state index < -0.39 is 0 Å². The van der Waals surface area contributed by atoms with Crippen LogP contribution in [0.4, 0.5) is 4.79 Å². The second-order valence-corrected chi connectivity index (χ2v) is 7.20. The van der Waals surface area contributed by atoms with Crippen LogP contribution >= 0.6 is 11.6 Å². The molecule has 0 aromatic carbocycles. The number of rotatable bonds is 1. The molecule has 7 nitrogen and oxygen atoms in total. The Morgan fingerprint density at radius 2 is 1.93 bits per heavy atom. The van der Waals surface area contributed by atoms with Crippen LogP contribution in [0.1, 0.15) is 29.8 Å². The molecule has 0 aliphatic carbocycles. The molecule has 2 aromatic rings. The van der Waals surface area contributed by atoms with Crippen LogP contribution in [0.2, 0.25) is 5.02 Å². The number of pyridine rings is 1. The van der Waals surface area contributed by atoms with Crippen molar-refractivity contribution in [1.82, 2.24) is 25.0 Å². The van der Waals surface area contributed by atoms with Crippen molar-refractivity contribution < 1.29 is 4.79 Å². The number of carbonyl (C=O) groups is 1. The first-order chi connectivity index (χ1) is 13.2. The maximum Gasteiger partial charge on any atom is 0.320 e. The third-order valence-corrected chi connectivity index (χ3v) is 5.38. The van der Waals surface area contributed by atoms with Gasteiger partial charge in [0.1, 0.15) is 6.07 Å². The molecule has 0 bridgehead atoms. The predicted molar refractivity (Wildman–Crippen MR) is 101 cm³/mol. The average molecular weight is 383 g/mol. The lowest BCUT2D eigenvalue weighted by atomic mass is 9.96. The van der Waals surface area contributed by atoms with Gasteiger partial charge in [-0.1, -0.05) is 11.6 Å². The van der Waals surface area contributed by atoms with Gasteiger partial charge in [-0.15, -0.1) is 0 Å². The molecule has 2 amide bonds. The van der Waals surface area contributed by atoms with Gasteiger partial charge in [0.25, 0.3) is 0 Å². The molecular formula is C19H19ClN6O. The second-order valence-electron chi connectivity index (χ2n) is 6.77. The lowest BCUT2D eigenvalue weighted by Gasteiger charge is -2.35. The molecule has 138 valence electrons. The summed E-state index contributed by atoms with van der Waals surface area (Å²) >= 11 is 5.88. The van der Waals surface area contributed by atoms with E-state index in [2.05, 4.69) is 21.3 Å². The Hall–Kier alpha value is -2.85. The molecule has 8 heteroatoms. The number of H-pyrrole nitrogens is 1. The van der Waals surface area contributed by atoms with Gasteiger partial charge in [-0.05, 0) is 30.5 Å². The summed E-state index contributed by atoms with van der Waals surface area (Å²) in [5.74, 6) is 0. The molecule has 2 aromatic heterocycles. The number of aromatic amines is 1. The highest BCUT2D eigenvalue weighted by Gasteiger charge is 2.28. The van der Waals surface area contributed by atoms with Crippen LogP contribution in [0.3, 0.4) is 0 Å². The molecule has 2 aliphatic heterocycles. The number of piperidine rings is 1. The first-order valence-corrected chi connectivity index (χ1v) is 9.32. The first kappa shape index (κ1) is 17.6. The summed E-state index contributed by atoms with van der Waals surface area (Å²) in [7, 11) is 0. The number of nitrogens with one attached hydrogen (secondary N) is 1. The van der Waals surface area contributed by atoms with Crippen LogP contribution < -0.4 is 0 Å². The molecule has 0 unspecified atom stereocenters. The smallest absolute Gasteiger partial charge is 0.320 e. The number of nitrogens with zero attached hydrogens (tertiary/aromatic N) is 5. The fourth-order valence-corrected chi connectivity index (χ4v) is 3.76. The number of halogens is 1. The summed E-state index contributed by atoms with van der Waals surface area (Å²) in [6.07, 6.45) is 5.52. The van der Waals surface area contributed by atoms with Crippen molar-refractivity contribution in [2.45, 2.75) is 25.8 Å². The van der Waals surface area contributed by atoms with E-state index >= 15 is 0 Å². The molecule has 1 fully saturated rings. The van der Waals surface area contributed by atoms with Crippen molar-refractivity contribution in [3.8, 4) is 6.07 Å². The molecule has 27 heavy (non-hydrogen) atoms. The van der Waals surface area contributed by atoms with Crippen molar-refractivity contribution in [1.29, 1.82) is 5.26 Å². The van der Waals surface area contributed by atoms with E-state index in [9.17, 15) is 10.1 Å². The largest absolute Gasteiger partial charge is 0.324 e. The van der Waals surface area contributed by atoms with Crippen molar-refractivity contribution >= 4 is 23.2 Å². The Balaban J connectivity index is 1.43. The van der Waals surface area contributed by atoms with Crippen LogP contribution in [0.15, 0.2) is 30.1 Å². The van der Waals surface area contributed by atoms with Gasteiger partial charge < -0.3 is 9.80 Å². The van der Waals surface area contributed by atoms with E-state index in [4.69, 9.17) is 11.6 Å². The maximum atomic E-state index is 12.9. The van der Waals surface area contributed by atoms with Gasteiger partial charge in [-0.2, -0.15) is 10.4 Å². The lowest BCUT2D eigenvalue weighted by Crippen LogP contribution is -2.47. The van der Waals surface area contributed by atoms with E-state index in [0.717, 1.165) is 23.3 Å². The number of allylic oxidation sites excluding steroid dienone is 1. The van der Waals surface area contributed by atoms with Crippen LogP contribution in [-0.4, -0.2) is 50.6 Å². The number of fused-ring (bicyclic) bond motifs is 1. The molecule has 0 atom stereocenters. The summed E-state index contributed by atoms with van der Waals surface area (Å²) in [5, 5.41) is 17.2. The van der Waals surface area contributed by atoms with Crippen LogP contribution in [0.25, 0.3) is 5.57 Å². The van der Waals surface area contributed by atoms with Crippen molar-refractivity contribution in [3.63, 3.8) is 0 Å². The highest BCUT2D eigenvalue weighted by molar-refractivity contribution is 6.30. The molecule has 1 saturated heterocycles. The number of aromatic nitrogens is 3. The standard InChI is InChI=1S/C19H19ClN6O/c20-15-1-2-18(22-11-15)16(9-21)13-3-6-25(7-4-13)19(27)26-8-5-17-14(12-26)10-23-24-17/h1-2,10-11H,3-8,12H2,(H,23,24). The molecule has 2 aliphatic rings. The molecular weight excluding hydrogens is 364 g/mol. The van der Waals surface area contributed by atoms with E-state index in [0.29, 0.717) is 55.3 Å². The minimum absolute atomic E-state index is 0.0593. The predicted octanol–water partition coefficient (Wildman–Crippen LogP) is 3.01. The molecule has 1 N–H and O–H groups in total. The quantitative estimate of drug-likeness (QED) is 0.768. The van der Waals surface area contributed by atoms with Gasteiger partial charge in [0.15, 0.2) is 0 Å². The number of hydrogen-bond donors (Lipinski definition) is 1. The van der Waals surface area contributed by atoms with Gasteiger partial charge in [-0.25, -0.2) is 4.79 Å². The Bertz CT molecular complexity index is 916. The Kier molecular flexibility index (Phi) is 4.82. The highest BCUT2D eigenvalue weighted by Crippen LogP contribution is 2.27. The lowest BCUT2D eigenvalue weighted by molar-refractivity contribution is 0.144. The van der Waals surface area contributed by atoms with Gasteiger partial charge in [0.05, 0.1) is 29.0 Å². The maximum absolute atomic E-state index is 12.9. The van der Waals surface area contributed by atoms with Crippen molar-refractivity contribution in [2.75, 3.05) is 19.6 Å². The number of amides is 2. The Labute approximate surface area is 162 Å². The third-order valence-electron chi connectivity index (χ3n) is 5.16. The Morgan fingerprint density at radius 1 is 1.15 bits per heavy atom. The van der Waals surface area contributed by atoms with Crippen LogP contribution in [-0.2, 0) is 13.0 Å². The number of hydrogen-bond acceptors (Lipinski definition) is 4. The zero-order chi connectivity index (χ0) is 18.8. The summed E-state index contributed by atoms with van der Waals surface area (Å²) in [6, 6.07) is 5.83. The van der Waals surface area contributed by atoms with Crippen molar-refractivity contribution in [2.24, 2.45) is 0 Å². The third kappa shape index (κ3) is 3.53.